The lowest BCUT2D eigenvalue weighted by atomic mass is 9.45. The minimum Gasteiger partial charge on any atom is -0.378 e. The van der Waals surface area contributed by atoms with Crippen molar-refractivity contribution in [2.75, 3.05) is 6.61 Å². The van der Waals surface area contributed by atoms with Crippen molar-refractivity contribution in [2.24, 2.45) is 34.5 Å². The number of hydrogen-bond donors (Lipinski definition) is 0. The monoisotopic (exact) mass is 304 g/mol. The summed E-state index contributed by atoms with van der Waals surface area (Å²) < 4.78 is 6.19. The lowest BCUT2D eigenvalue weighted by Crippen LogP contribution is -2.53. The van der Waals surface area contributed by atoms with Gasteiger partial charge in [0.05, 0.1) is 6.10 Å². The molecule has 0 amide bonds. The molecule has 0 saturated heterocycles. The maximum Gasteiger partial charge on any atom is 0.0631 e. The number of hydrogen-bond acceptors (Lipinski definition) is 1. The van der Waals surface area contributed by atoms with Crippen LogP contribution in [0, 0.1) is 34.5 Å². The van der Waals surface area contributed by atoms with Crippen molar-refractivity contribution in [3.8, 4) is 0 Å². The molecule has 1 heteroatoms. The van der Waals surface area contributed by atoms with Crippen LogP contribution in [-0.2, 0) is 4.74 Å². The summed E-state index contributed by atoms with van der Waals surface area (Å²) in [4.78, 5) is 0. The standard InChI is InChI=1S/C21H36O/c1-4-22-19-11-10-17-16-9-8-15-7-5-6-13-20(15,2)18(16)12-14-21(17,19)3/h15-19H,4-14H2,1-3H3. The largest absolute Gasteiger partial charge is 0.378 e. The summed E-state index contributed by atoms with van der Waals surface area (Å²) in [5, 5.41) is 0. The van der Waals surface area contributed by atoms with E-state index >= 15 is 0 Å². The fourth-order valence-electron chi connectivity index (χ4n) is 7.72. The molecule has 0 aromatic carbocycles. The van der Waals surface area contributed by atoms with Crippen LogP contribution in [-0.4, -0.2) is 12.7 Å². The van der Waals surface area contributed by atoms with Crippen LogP contribution in [0.5, 0.6) is 0 Å². The first kappa shape index (κ1) is 15.5. The molecule has 4 saturated carbocycles. The molecule has 4 aliphatic rings. The van der Waals surface area contributed by atoms with Crippen LogP contribution in [0.1, 0.15) is 85.0 Å². The summed E-state index contributed by atoms with van der Waals surface area (Å²) in [7, 11) is 0. The Morgan fingerprint density at radius 1 is 0.818 bits per heavy atom. The molecule has 0 bridgehead atoms. The van der Waals surface area contributed by atoms with E-state index in [1.54, 1.807) is 0 Å². The first-order valence-electron chi connectivity index (χ1n) is 10.2. The van der Waals surface area contributed by atoms with E-state index in [0.29, 0.717) is 16.9 Å². The average Bonchev–Trinajstić information content (AvgIpc) is 2.84. The van der Waals surface area contributed by atoms with Crippen LogP contribution >= 0.6 is 0 Å². The Kier molecular flexibility index (Phi) is 3.87. The van der Waals surface area contributed by atoms with E-state index in [0.717, 1.165) is 30.3 Å². The van der Waals surface area contributed by atoms with Gasteiger partial charge in [-0.05, 0) is 92.8 Å². The molecule has 22 heavy (non-hydrogen) atoms. The maximum absolute atomic E-state index is 6.19. The molecule has 0 N–H and O–H groups in total. The Morgan fingerprint density at radius 3 is 2.45 bits per heavy atom. The van der Waals surface area contributed by atoms with Crippen molar-refractivity contribution in [1.29, 1.82) is 0 Å². The van der Waals surface area contributed by atoms with Gasteiger partial charge in [-0.1, -0.05) is 26.7 Å². The Bertz CT molecular complexity index is 418. The zero-order chi connectivity index (χ0) is 15.4. The van der Waals surface area contributed by atoms with Crippen LogP contribution in [0.15, 0.2) is 0 Å². The van der Waals surface area contributed by atoms with Gasteiger partial charge >= 0.3 is 0 Å². The molecule has 1 nitrogen and oxygen atoms in total. The van der Waals surface area contributed by atoms with E-state index in [1.807, 2.05) is 0 Å². The number of rotatable bonds is 2. The van der Waals surface area contributed by atoms with E-state index in [-0.39, 0.29) is 0 Å². The molecule has 0 spiro atoms. The third-order valence-electron chi connectivity index (χ3n) is 8.86. The molecule has 0 radical (unpaired) electrons. The SMILES string of the molecule is CCOC1CCC2C3CCC4CCCCC4(C)C3CCC12C. The highest BCUT2D eigenvalue weighted by molar-refractivity contribution is 5.09. The molecule has 126 valence electrons. The van der Waals surface area contributed by atoms with Gasteiger partial charge in [0.2, 0.25) is 0 Å². The van der Waals surface area contributed by atoms with Crippen molar-refractivity contribution in [3.05, 3.63) is 0 Å². The van der Waals surface area contributed by atoms with Gasteiger partial charge in [0.15, 0.2) is 0 Å². The molecule has 4 aliphatic carbocycles. The first-order chi connectivity index (χ1) is 10.6. The molecule has 0 aromatic rings. The second kappa shape index (κ2) is 5.50. The highest BCUT2D eigenvalue weighted by atomic mass is 16.5. The predicted molar refractivity (Wildman–Crippen MR) is 91.8 cm³/mol. The van der Waals surface area contributed by atoms with Gasteiger partial charge in [0.25, 0.3) is 0 Å². The fraction of sp³-hybridized carbons (Fsp3) is 1.00. The summed E-state index contributed by atoms with van der Waals surface area (Å²) in [5.74, 6) is 4.06. The fourth-order valence-corrected chi connectivity index (χ4v) is 7.72. The zero-order valence-electron chi connectivity index (χ0n) is 15.1. The van der Waals surface area contributed by atoms with Crippen LogP contribution in [0.25, 0.3) is 0 Å². The third kappa shape index (κ3) is 2.06. The van der Waals surface area contributed by atoms with Crippen LogP contribution in [0.3, 0.4) is 0 Å². The highest BCUT2D eigenvalue weighted by Crippen LogP contribution is 2.66. The van der Waals surface area contributed by atoms with Gasteiger partial charge in [0.1, 0.15) is 0 Å². The number of ether oxygens (including phenoxy) is 1. The zero-order valence-corrected chi connectivity index (χ0v) is 15.1. The highest BCUT2D eigenvalue weighted by Gasteiger charge is 2.59. The van der Waals surface area contributed by atoms with Crippen LogP contribution < -0.4 is 0 Å². The Hall–Kier alpha value is -0.0400. The van der Waals surface area contributed by atoms with Crippen molar-refractivity contribution in [1.82, 2.24) is 0 Å². The second-order valence-corrected chi connectivity index (χ2v) is 9.47. The molecular formula is C21H36O. The summed E-state index contributed by atoms with van der Waals surface area (Å²) in [6, 6.07) is 0. The van der Waals surface area contributed by atoms with E-state index in [9.17, 15) is 0 Å². The summed E-state index contributed by atoms with van der Waals surface area (Å²) in [6.07, 6.45) is 15.4. The Morgan fingerprint density at radius 2 is 1.64 bits per heavy atom. The van der Waals surface area contributed by atoms with Crippen LogP contribution in [0.4, 0.5) is 0 Å². The van der Waals surface area contributed by atoms with Gasteiger partial charge in [-0.25, -0.2) is 0 Å². The van der Waals surface area contributed by atoms with Crippen LogP contribution in [0.2, 0.25) is 0 Å². The maximum atomic E-state index is 6.19. The predicted octanol–water partition coefficient (Wildman–Crippen LogP) is 5.82. The van der Waals surface area contributed by atoms with Gasteiger partial charge < -0.3 is 4.74 Å². The first-order valence-corrected chi connectivity index (χ1v) is 10.2. The van der Waals surface area contributed by atoms with Crippen molar-refractivity contribution in [3.63, 3.8) is 0 Å². The summed E-state index contributed by atoms with van der Waals surface area (Å²) in [6.45, 7) is 8.35. The molecule has 4 fully saturated rings. The van der Waals surface area contributed by atoms with Gasteiger partial charge in [0, 0.05) is 6.61 Å². The smallest absolute Gasteiger partial charge is 0.0631 e. The summed E-state index contributed by atoms with van der Waals surface area (Å²) in [5.41, 5.74) is 1.18. The molecule has 0 aromatic heterocycles. The lowest BCUT2D eigenvalue weighted by Gasteiger charge is -2.60. The average molecular weight is 305 g/mol. The lowest BCUT2D eigenvalue weighted by molar-refractivity contribution is -0.129. The molecule has 4 rings (SSSR count). The topological polar surface area (TPSA) is 9.23 Å². The van der Waals surface area contributed by atoms with Crippen molar-refractivity contribution >= 4 is 0 Å². The normalized spacial score (nSPS) is 54.4. The molecular weight excluding hydrogens is 268 g/mol. The van der Waals surface area contributed by atoms with E-state index in [4.69, 9.17) is 4.74 Å². The number of fused-ring (bicyclic) bond motifs is 5. The van der Waals surface area contributed by atoms with Crippen molar-refractivity contribution < 1.29 is 4.74 Å². The van der Waals surface area contributed by atoms with E-state index in [1.165, 1.54) is 64.2 Å². The quantitative estimate of drug-likeness (QED) is 0.624. The molecule has 0 heterocycles. The second-order valence-electron chi connectivity index (χ2n) is 9.47. The third-order valence-corrected chi connectivity index (χ3v) is 8.86. The van der Waals surface area contributed by atoms with Crippen molar-refractivity contribution in [2.45, 2.75) is 91.1 Å². The molecule has 0 aliphatic heterocycles. The Balaban J connectivity index is 1.59. The summed E-state index contributed by atoms with van der Waals surface area (Å²) >= 11 is 0. The van der Waals surface area contributed by atoms with E-state index < -0.39 is 0 Å². The van der Waals surface area contributed by atoms with Gasteiger partial charge in [-0.3, -0.25) is 0 Å². The minimum absolute atomic E-state index is 0.495. The Labute approximate surface area is 137 Å². The van der Waals surface area contributed by atoms with E-state index in [2.05, 4.69) is 20.8 Å². The molecule has 7 unspecified atom stereocenters. The van der Waals surface area contributed by atoms with Gasteiger partial charge in [-0.2, -0.15) is 0 Å². The minimum atomic E-state index is 0.495. The molecule has 7 atom stereocenters. The van der Waals surface area contributed by atoms with Gasteiger partial charge in [-0.15, -0.1) is 0 Å².